The second kappa shape index (κ2) is 6.99. The molecule has 0 unspecified atom stereocenters. The molecule has 2 aliphatic heterocycles. The van der Waals surface area contributed by atoms with Crippen LogP contribution >= 0.6 is 0 Å². The highest BCUT2D eigenvalue weighted by atomic mass is 19.3. The number of alkyl halides is 2. The number of ether oxygens (including phenoxy) is 2. The quantitative estimate of drug-likeness (QED) is 0.523. The molecule has 4 aromatic rings. The molecular formula is C22H20F2N6O2. The fourth-order valence-corrected chi connectivity index (χ4v) is 4.54. The fraction of sp³-hybridized carbons (Fsp3) is 0.318. The van der Waals surface area contributed by atoms with Crippen molar-refractivity contribution in [3.63, 3.8) is 0 Å². The number of nitrogen functional groups attached to an aromatic ring is 1. The van der Waals surface area contributed by atoms with Crippen molar-refractivity contribution in [2.45, 2.75) is 25.1 Å². The maximum absolute atomic E-state index is 13.5. The van der Waals surface area contributed by atoms with Gasteiger partial charge in [-0.15, -0.1) is 13.9 Å². The van der Waals surface area contributed by atoms with Crippen LogP contribution in [0, 0.1) is 0 Å². The molecular weight excluding hydrogens is 418 g/mol. The van der Waals surface area contributed by atoms with Crippen molar-refractivity contribution in [2.75, 3.05) is 25.4 Å². The number of likely N-dealkylation sites (tertiary alicyclic amines) is 1. The maximum atomic E-state index is 13.5. The zero-order valence-electron chi connectivity index (χ0n) is 17.0. The topological polar surface area (TPSA) is 90.8 Å². The van der Waals surface area contributed by atoms with E-state index in [0.717, 1.165) is 26.1 Å². The summed E-state index contributed by atoms with van der Waals surface area (Å²) in [5, 5.41) is 5.01. The Hall–Kier alpha value is -3.53. The van der Waals surface area contributed by atoms with Crippen molar-refractivity contribution in [1.82, 2.24) is 24.5 Å². The van der Waals surface area contributed by atoms with Gasteiger partial charge in [0.1, 0.15) is 5.52 Å². The van der Waals surface area contributed by atoms with E-state index in [1.807, 2.05) is 6.07 Å². The molecule has 1 fully saturated rings. The molecule has 2 aliphatic rings. The zero-order valence-corrected chi connectivity index (χ0v) is 17.0. The van der Waals surface area contributed by atoms with Crippen LogP contribution in [0.1, 0.15) is 23.7 Å². The van der Waals surface area contributed by atoms with E-state index < -0.39 is 6.29 Å². The van der Waals surface area contributed by atoms with Crippen LogP contribution in [0.25, 0.3) is 16.6 Å². The van der Waals surface area contributed by atoms with Gasteiger partial charge < -0.3 is 20.1 Å². The number of nitrogens with two attached hydrogens (primary N) is 1. The molecule has 1 atom stereocenters. The molecule has 6 rings (SSSR count). The Labute approximate surface area is 181 Å². The predicted octanol–water partition coefficient (Wildman–Crippen LogP) is 3.21. The van der Waals surface area contributed by atoms with E-state index in [1.165, 1.54) is 16.1 Å². The normalized spacial score (nSPS) is 19.9. The number of hydrogen-bond acceptors (Lipinski definition) is 7. The van der Waals surface area contributed by atoms with Crippen LogP contribution in [0.2, 0.25) is 0 Å². The number of hydrogen-bond donors (Lipinski definition) is 1. The standard InChI is InChI=1S/C22H20F2N6O2/c23-22(24)31-16-7-6-15-18(19(16)32-22)27-21(25)30-20(15)26-17(28-30)9-11-29-10-8-14(12-29)13-4-2-1-3-5-13/h1-7,14H,8-12H2,(H2,25,27)/t14-/m1/s1. The Morgan fingerprint density at radius 2 is 1.94 bits per heavy atom. The Bertz CT molecular complexity index is 1330. The summed E-state index contributed by atoms with van der Waals surface area (Å²) in [6, 6.07) is 13.6. The maximum Gasteiger partial charge on any atom is 0.586 e. The molecule has 0 bridgehead atoms. The highest BCUT2D eigenvalue weighted by Gasteiger charge is 2.45. The minimum absolute atomic E-state index is 0.0452. The van der Waals surface area contributed by atoms with Gasteiger partial charge in [-0.1, -0.05) is 30.3 Å². The van der Waals surface area contributed by atoms with E-state index in [4.69, 9.17) is 5.73 Å². The van der Waals surface area contributed by atoms with Gasteiger partial charge in [0.05, 0.1) is 0 Å². The van der Waals surface area contributed by atoms with Crippen LogP contribution in [-0.4, -0.2) is 50.4 Å². The Morgan fingerprint density at radius 1 is 1.09 bits per heavy atom. The van der Waals surface area contributed by atoms with Crippen molar-refractivity contribution < 1.29 is 18.3 Å². The first-order valence-electron chi connectivity index (χ1n) is 10.5. The minimum atomic E-state index is -3.73. The molecule has 32 heavy (non-hydrogen) atoms. The van der Waals surface area contributed by atoms with Crippen molar-refractivity contribution in [2.24, 2.45) is 0 Å². The number of anilines is 1. The lowest BCUT2D eigenvalue weighted by Gasteiger charge is -2.15. The molecule has 4 heterocycles. The Balaban J connectivity index is 1.25. The van der Waals surface area contributed by atoms with Crippen LogP contribution in [0.5, 0.6) is 11.5 Å². The van der Waals surface area contributed by atoms with Crippen LogP contribution < -0.4 is 15.2 Å². The smallest absolute Gasteiger partial charge is 0.395 e. The number of benzene rings is 2. The molecule has 164 valence electrons. The highest BCUT2D eigenvalue weighted by Crippen LogP contribution is 2.45. The molecule has 10 heteroatoms. The Morgan fingerprint density at radius 3 is 2.78 bits per heavy atom. The number of fused-ring (bicyclic) bond motifs is 5. The first kappa shape index (κ1) is 19.2. The van der Waals surface area contributed by atoms with Crippen LogP contribution in [0.3, 0.4) is 0 Å². The molecule has 2 N–H and O–H groups in total. The third-order valence-electron chi connectivity index (χ3n) is 6.08. The van der Waals surface area contributed by atoms with E-state index in [9.17, 15) is 8.78 Å². The van der Waals surface area contributed by atoms with E-state index >= 15 is 0 Å². The van der Waals surface area contributed by atoms with Crippen LogP contribution in [0.15, 0.2) is 42.5 Å². The third kappa shape index (κ3) is 3.18. The van der Waals surface area contributed by atoms with Gasteiger partial charge in [-0.3, -0.25) is 0 Å². The van der Waals surface area contributed by atoms with E-state index in [2.05, 4.69) is 53.7 Å². The number of aromatic nitrogens is 4. The monoisotopic (exact) mass is 438 g/mol. The zero-order chi connectivity index (χ0) is 21.9. The number of rotatable bonds is 4. The number of halogens is 2. The average molecular weight is 438 g/mol. The van der Waals surface area contributed by atoms with Gasteiger partial charge in [-0.2, -0.15) is 4.52 Å². The predicted molar refractivity (Wildman–Crippen MR) is 113 cm³/mol. The summed E-state index contributed by atoms with van der Waals surface area (Å²) in [7, 11) is 0. The van der Waals surface area contributed by atoms with Crippen molar-refractivity contribution in [3.8, 4) is 11.5 Å². The first-order valence-corrected chi connectivity index (χ1v) is 10.5. The second-order valence-corrected chi connectivity index (χ2v) is 8.14. The van der Waals surface area contributed by atoms with Crippen molar-refractivity contribution in [3.05, 3.63) is 53.9 Å². The van der Waals surface area contributed by atoms with Crippen LogP contribution in [0.4, 0.5) is 14.7 Å². The minimum Gasteiger partial charge on any atom is -0.395 e. The van der Waals surface area contributed by atoms with Gasteiger partial charge in [0.25, 0.3) is 0 Å². The van der Waals surface area contributed by atoms with E-state index in [0.29, 0.717) is 29.2 Å². The Kier molecular flexibility index (Phi) is 4.19. The summed E-state index contributed by atoms with van der Waals surface area (Å²) in [4.78, 5) is 11.3. The lowest BCUT2D eigenvalue weighted by Crippen LogP contribution is -2.26. The van der Waals surface area contributed by atoms with Gasteiger partial charge in [0.15, 0.2) is 23.0 Å². The fourth-order valence-electron chi connectivity index (χ4n) is 4.54. The van der Waals surface area contributed by atoms with E-state index in [1.54, 1.807) is 6.07 Å². The third-order valence-corrected chi connectivity index (χ3v) is 6.08. The molecule has 0 radical (unpaired) electrons. The lowest BCUT2D eigenvalue weighted by molar-refractivity contribution is -0.286. The molecule has 0 spiro atoms. The number of nitrogens with zero attached hydrogens (tertiary/aromatic N) is 5. The van der Waals surface area contributed by atoms with Gasteiger partial charge in [-0.25, -0.2) is 9.97 Å². The van der Waals surface area contributed by atoms with Gasteiger partial charge in [0.2, 0.25) is 5.95 Å². The summed E-state index contributed by atoms with van der Waals surface area (Å²) < 4.78 is 37.6. The summed E-state index contributed by atoms with van der Waals surface area (Å²) in [5.41, 5.74) is 8.05. The molecule has 0 aliphatic carbocycles. The van der Waals surface area contributed by atoms with E-state index in [-0.39, 0.29) is 23.0 Å². The highest BCUT2D eigenvalue weighted by molar-refractivity contribution is 5.97. The van der Waals surface area contributed by atoms with Gasteiger partial charge >= 0.3 is 6.29 Å². The summed E-state index contributed by atoms with van der Waals surface area (Å²) in [6.07, 6.45) is -1.96. The van der Waals surface area contributed by atoms with Crippen LogP contribution in [-0.2, 0) is 6.42 Å². The lowest BCUT2D eigenvalue weighted by atomic mass is 9.99. The summed E-state index contributed by atoms with van der Waals surface area (Å²) in [6.45, 7) is 2.85. The largest absolute Gasteiger partial charge is 0.586 e. The van der Waals surface area contributed by atoms with Crippen molar-refractivity contribution >= 4 is 22.5 Å². The van der Waals surface area contributed by atoms with Crippen molar-refractivity contribution in [1.29, 1.82) is 0 Å². The average Bonchev–Trinajstić information content (AvgIpc) is 3.49. The molecule has 1 saturated heterocycles. The molecule has 0 saturated carbocycles. The SMILES string of the molecule is Nc1nc2c3c(ccc2c2nc(CCN4CC[C@@H](c5ccccc5)C4)nn12)OC(F)(F)O3. The molecule has 2 aromatic carbocycles. The molecule has 0 amide bonds. The molecule has 8 nitrogen and oxygen atoms in total. The first-order chi connectivity index (χ1) is 15.5. The molecule has 2 aromatic heterocycles. The second-order valence-electron chi connectivity index (χ2n) is 8.14. The summed E-state index contributed by atoms with van der Waals surface area (Å²) >= 11 is 0. The summed E-state index contributed by atoms with van der Waals surface area (Å²) in [5.74, 6) is 0.980. The van der Waals surface area contributed by atoms with Gasteiger partial charge in [0, 0.05) is 24.9 Å². The van der Waals surface area contributed by atoms with Gasteiger partial charge in [-0.05, 0) is 36.6 Å².